The first-order valence-electron chi connectivity index (χ1n) is 4.42. The molecule has 3 nitrogen and oxygen atoms in total. The van der Waals surface area contributed by atoms with Gasteiger partial charge >= 0.3 is 0 Å². The van der Waals surface area contributed by atoms with E-state index in [2.05, 4.69) is 10.5 Å². The Bertz CT molecular complexity index is 537. The lowest BCUT2D eigenvalue weighted by molar-refractivity contribution is 0.456. The maximum Gasteiger partial charge on any atom is 0.167 e. The minimum Gasteiger partial charge on any atom is -0.361 e. The lowest BCUT2D eigenvalue weighted by Gasteiger charge is -2.03. The third kappa shape index (κ3) is 0.956. The first kappa shape index (κ1) is 7.38. The summed E-state index contributed by atoms with van der Waals surface area (Å²) in [7, 11) is 0. The van der Waals surface area contributed by atoms with Crippen molar-refractivity contribution in [3.8, 4) is 0 Å². The van der Waals surface area contributed by atoms with E-state index in [1.54, 1.807) is 6.20 Å². The van der Waals surface area contributed by atoms with Crippen LogP contribution < -0.4 is 5.32 Å². The van der Waals surface area contributed by atoms with Gasteiger partial charge in [-0.3, -0.25) is 0 Å². The van der Waals surface area contributed by atoms with Gasteiger partial charge in [-0.2, -0.15) is 0 Å². The van der Waals surface area contributed by atoms with E-state index in [0.29, 0.717) is 0 Å². The molecule has 1 aliphatic heterocycles. The monoisotopic (exact) mass is 184 g/mol. The van der Waals surface area contributed by atoms with Gasteiger partial charge in [-0.05, 0) is 18.2 Å². The number of aromatic nitrogens is 1. The van der Waals surface area contributed by atoms with Gasteiger partial charge in [0.2, 0.25) is 0 Å². The lowest BCUT2D eigenvalue weighted by Crippen LogP contribution is -1.88. The second kappa shape index (κ2) is 2.73. The number of hydrogen-bond donors (Lipinski definition) is 1. The minimum absolute atomic E-state index is 0.817. The van der Waals surface area contributed by atoms with E-state index in [1.165, 1.54) is 0 Å². The Balaban J connectivity index is 2.38. The number of hydrogen-bond acceptors (Lipinski definition) is 3. The summed E-state index contributed by atoms with van der Waals surface area (Å²) in [5.74, 6) is 0. The summed E-state index contributed by atoms with van der Waals surface area (Å²) < 4.78 is 5.09. The molecule has 0 fully saturated rings. The van der Waals surface area contributed by atoms with Gasteiger partial charge in [0.1, 0.15) is 0 Å². The van der Waals surface area contributed by atoms with Gasteiger partial charge in [0.25, 0.3) is 0 Å². The topological polar surface area (TPSA) is 38.1 Å². The summed E-state index contributed by atoms with van der Waals surface area (Å²) in [6, 6.07) is 3.91. The maximum atomic E-state index is 5.09. The Labute approximate surface area is 80.7 Å². The number of nitrogens with zero attached hydrogens (tertiary/aromatic N) is 1. The Morgan fingerprint density at radius 2 is 2.21 bits per heavy atom. The van der Waals surface area contributed by atoms with Crippen molar-refractivity contribution in [2.45, 2.75) is 0 Å². The van der Waals surface area contributed by atoms with Crippen LogP contribution in [0.15, 0.2) is 41.2 Å². The van der Waals surface area contributed by atoms with E-state index in [4.69, 9.17) is 4.52 Å². The van der Waals surface area contributed by atoms with Crippen LogP contribution in [0.25, 0.3) is 17.0 Å². The second-order valence-electron chi connectivity index (χ2n) is 3.13. The van der Waals surface area contributed by atoms with Gasteiger partial charge in [-0.1, -0.05) is 17.3 Å². The quantitative estimate of drug-likeness (QED) is 0.684. The van der Waals surface area contributed by atoms with Crippen LogP contribution in [0.5, 0.6) is 0 Å². The molecule has 0 unspecified atom stereocenters. The molecule has 0 aliphatic carbocycles. The van der Waals surface area contributed by atoms with Gasteiger partial charge in [0.15, 0.2) is 5.58 Å². The van der Waals surface area contributed by atoms with Crippen LogP contribution in [-0.4, -0.2) is 5.16 Å². The van der Waals surface area contributed by atoms with Crippen molar-refractivity contribution in [2.75, 3.05) is 5.32 Å². The van der Waals surface area contributed by atoms with Crippen LogP contribution in [0.4, 0.5) is 5.69 Å². The van der Waals surface area contributed by atoms with Crippen molar-refractivity contribution in [1.29, 1.82) is 0 Å². The van der Waals surface area contributed by atoms with Crippen LogP contribution >= 0.6 is 0 Å². The standard InChI is InChI=1S/C11H8N2O/c1-2-6-12-10-4-5-11-9(7-13-14-11)8(10)3-1/h1-7,12H. The van der Waals surface area contributed by atoms with Gasteiger partial charge in [0.05, 0.1) is 11.6 Å². The second-order valence-corrected chi connectivity index (χ2v) is 3.13. The van der Waals surface area contributed by atoms with E-state index in [9.17, 15) is 0 Å². The molecular weight excluding hydrogens is 176 g/mol. The highest BCUT2D eigenvalue weighted by Crippen LogP contribution is 2.28. The summed E-state index contributed by atoms with van der Waals surface area (Å²) in [6.45, 7) is 0. The van der Waals surface area contributed by atoms with E-state index in [-0.39, 0.29) is 0 Å². The predicted molar refractivity (Wildman–Crippen MR) is 55.8 cm³/mol. The van der Waals surface area contributed by atoms with Crippen LogP contribution in [0.3, 0.4) is 0 Å². The smallest absolute Gasteiger partial charge is 0.167 e. The number of fused-ring (bicyclic) bond motifs is 3. The molecule has 0 bridgehead atoms. The Hall–Kier alpha value is -2.03. The average Bonchev–Trinajstić information content (AvgIpc) is 2.55. The fourth-order valence-electron chi connectivity index (χ4n) is 1.62. The fourth-order valence-corrected chi connectivity index (χ4v) is 1.62. The van der Waals surface area contributed by atoms with E-state index in [0.717, 1.165) is 22.2 Å². The van der Waals surface area contributed by atoms with Crippen molar-refractivity contribution < 1.29 is 4.52 Å². The van der Waals surface area contributed by atoms with Crippen LogP contribution in [0, 0.1) is 0 Å². The zero-order valence-corrected chi connectivity index (χ0v) is 7.40. The molecule has 0 spiro atoms. The third-order valence-electron chi connectivity index (χ3n) is 2.29. The molecule has 1 aromatic carbocycles. The zero-order valence-electron chi connectivity index (χ0n) is 7.40. The van der Waals surface area contributed by atoms with Crippen molar-refractivity contribution >= 4 is 22.7 Å². The number of rotatable bonds is 0. The van der Waals surface area contributed by atoms with Gasteiger partial charge in [0, 0.05) is 17.5 Å². The first-order valence-corrected chi connectivity index (χ1v) is 4.42. The van der Waals surface area contributed by atoms with Gasteiger partial charge in [-0.15, -0.1) is 0 Å². The Morgan fingerprint density at radius 3 is 3.21 bits per heavy atom. The lowest BCUT2D eigenvalue weighted by atomic mass is 10.1. The highest BCUT2D eigenvalue weighted by atomic mass is 16.5. The molecule has 0 amide bonds. The summed E-state index contributed by atoms with van der Waals surface area (Å²) in [4.78, 5) is 0. The maximum absolute atomic E-state index is 5.09. The third-order valence-corrected chi connectivity index (χ3v) is 2.29. The Morgan fingerprint density at radius 1 is 1.21 bits per heavy atom. The number of benzene rings is 1. The van der Waals surface area contributed by atoms with Crippen molar-refractivity contribution in [3.63, 3.8) is 0 Å². The van der Waals surface area contributed by atoms with Gasteiger partial charge < -0.3 is 9.84 Å². The van der Waals surface area contributed by atoms with Crippen LogP contribution in [0.1, 0.15) is 5.56 Å². The summed E-state index contributed by atoms with van der Waals surface area (Å²) in [5.41, 5.74) is 3.01. The highest BCUT2D eigenvalue weighted by Gasteiger charge is 2.07. The molecule has 14 heavy (non-hydrogen) atoms. The molecule has 0 radical (unpaired) electrons. The summed E-state index contributed by atoms with van der Waals surface area (Å²) in [5, 5.41) is 8.01. The largest absolute Gasteiger partial charge is 0.361 e. The van der Waals surface area contributed by atoms with E-state index < -0.39 is 0 Å². The summed E-state index contributed by atoms with van der Waals surface area (Å²) in [6.07, 6.45) is 9.64. The molecular formula is C11H8N2O. The minimum atomic E-state index is 0.817. The SMILES string of the molecule is C1=CNc2ccc3oncc3c2C=C1. The Kier molecular flexibility index (Phi) is 1.44. The molecule has 2 heterocycles. The van der Waals surface area contributed by atoms with Gasteiger partial charge in [-0.25, -0.2) is 0 Å². The van der Waals surface area contributed by atoms with E-state index in [1.807, 2.05) is 36.6 Å². The molecule has 1 aliphatic rings. The first-order chi connectivity index (χ1) is 6.95. The van der Waals surface area contributed by atoms with E-state index >= 15 is 0 Å². The molecule has 3 heteroatoms. The molecule has 3 rings (SSSR count). The molecule has 68 valence electrons. The molecule has 0 saturated heterocycles. The highest BCUT2D eigenvalue weighted by molar-refractivity contribution is 5.93. The van der Waals surface area contributed by atoms with Crippen molar-refractivity contribution in [1.82, 2.24) is 5.16 Å². The van der Waals surface area contributed by atoms with Crippen LogP contribution in [0.2, 0.25) is 0 Å². The molecule has 2 aromatic rings. The van der Waals surface area contributed by atoms with Crippen LogP contribution in [-0.2, 0) is 0 Å². The predicted octanol–water partition coefficient (Wildman–Crippen LogP) is 2.78. The van der Waals surface area contributed by atoms with Crippen molar-refractivity contribution in [3.05, 3.63) is 42.2 Å². The zero-order chi connectivity index (χ0) is 9.38. The molecule has 0 saturated carbocycles. The number of allylic oxidation sites excluding steroid dienone is 2. The number of anilines is 1. The molecule has 1 aromatic heterocycles. The average molecular weight is 184 g/mol. The number of nitrogens with one attached hydrogen (secondary N) is 1. The molecule has 0 atom stereocenters. The normalized spacial score (nSPS) is 13.7. The summed E-state index contributed by atoms with van der Waals surface area (Å²) >= 11 is 0. The molecule has 1 N–H and O–H groups in total. The fraction of sp³-hybridized carbons (Fsp3) is 0. The van der Waals surface area contributed by atoms with Crippen molar-refractivity contribution in [2.24, 2.45) is 0 Å².